The van der Waals surface area contributed by atoms with Gasteiger partial charge in [-0.15, -0.1) is 10.2 Å². The monoisotopic (exact) mass is 515 g/mol. The van der Waals surface area contributed by atoms with Crippen molar-refractivity contribution in [2.24, 2.45) is 5.92 Å². The Morgan fingerprint density at radius 3 is 2.51 bits per heavy atom. The van der Waals surface area contributed by atoms with E-state index in [4.69, 9.17) is 16.3 Å². The third-order valence-electron chi connectivity index (χ3n) is 4.95. The number of hydrogen-bond acceptors (Lipinski definition) is 6. The van der Waals surface area contributed by atoms with Crippen molar-refractivity contribution in [1.29, 1.82) is 0 Å². The van der Waals surface area contributed by atoms with Crippen LogP contribution in [0.4, 0.5) is 11.4 Å². The molecule has 3 aromatic rings. The molecule has 35 heavy (non-hydrogen) atoms. The molecule has 0 saturated carbocycles. The number of benzene rings is 2. The average molecular weight is 516 g/mol. The lowest BCUT2D eigenvalue weighted by molar-refractivity contribution is -0.114. The van der Waals surface area contributed by atoms with E-state index >= 15 is 0 Å². The van der Waals surface area contributed by atoms with Crippen LogP contribution in [0.3, 0.4) is 0 Å². The van der Waals surface area contributed by atoms with E-state index in [9.17, 15) is 9.59 Å². The molecule has 3 rings (SSSR count). The Kier molecular flexibility index (Phi) is 9.17. The maximum atomic E-state index is 12.6. The van der Waals surface area contributed by atoms with Gasteiger partial charge in [0.05, 0.1) is 10.8 Å². The zero-order chi connectivity index (χ0) is 25.5. The third-order valence-corrected chi connectivity index (χ3v) is 6.23. The van der Waals surface area contributed by atoms with Crippen LogP contribution in [0.25, 0.3) is 0 Å². The average Bonchev–Trinajstić information content (AvgIpc) is 3.17. The predicted molar refractivity (Wildman–Crippen MR) is 140 cm³/mol. The van der Waals surface area contributed by atoms with Crippen molar-refractivity contribution in [2.75, 3.05) is 16.4 Å². The van der Waals surface area contributed by atoms with Crippen LogP contribution in [0.5, 0.6) is 5.75 Å². The molecule has 186 valence electrons. The summed E-state index contributed by atoms with van der Waals surface area (Å²) < 4.78 is 8.04. The molecule has 0 radical (unpaired) electrons. The Bertz CT molecular complexity index is 1200. The van der Waals surface area contributed by atoms with Gasteiger partial charge in [0.25, 0.3) is 0 Å². The van der Waals surface area contributed by atoms with Crippen molar-refractivity contribution in [2.45, 2.75) is 52.4 Å². The normalized spacial score (nSPS) is 11.9. The number of rotatable bonds is 10. The van der Waals surface area contributed by atoms with E-state index in [-0.39, 0.29) is 23.7 Å². The molecule has 1 atom stereocenters. The van der Waals surface area contributed by atoms with Crippen molar-refractivity contribution >= 4 is 46.6 Å². The van der Waals surface area contributed by atoms with Crippen LogP contribution in [-0.2, 0) is 16.1 Å². The van der Waals surface area contributed by atoms with E-state index in [0.29, 0.717) is 45.6 Å². The molecule has 2 N–H and O–H groups in total. The van der Waals surface area contributed by atoms with Crippen molar-refractivity contribution < 1.29 is 14.3 Å². The largest absolute Gasteiger partial charge is 0.481 e. The molecule has 0 aliphatic heterocycles. The highest BCUT2D eigenvalue weighted by atomic mass is 35.5. The fourth-order valence-electron chi connectivity index (χ4n) is 3.43. The predicted octanol–water partition coefficient (Wildman–Crippen LogP) is 5.73. The lowest BCUT2D eigenvalue weighted by atomic mass is 10.1. The first-order chi connectivity index (χ1) is 16.6. The first-order valence-corrected chi connectivity index (χ1v) is 12.7. The van der Waals surface area contributed by atoms with Crippen LogP contribution in [0, 0.1) is 12.8 Å². The standard InChI is InChI=1S/C25H30ClN5O3S/c1-15(2)13-31-24(17(4)34-22-9-7-6-8-20(22)26)29-30-25(31)35-14-23(33)28-19-10-11-21(16(3)12-19)27-18(5)32/h6-12,15,17H,13-14H2,1-5H3,(H,27,32)(H,28,33). The molecule has 8 nitrogen and oxygen atoms in total. The number of carbonyl (C=O) groups excluding carboxylic acids is 2. The van der Waals surface area contributed by atoms with Gasteiger partial charge < -0.3 is 19.9 Å². The maximum Gasteiger partial charge on any atom is 0.234 e. The van der Waals surface area contributed by atoms with Crippen molar-refractivity contribution in [1.82, 2.24) is 14.8 Å². The lowest BCUT2D eigenvalue weighted by Gasteiger charge is -2.18. The second kappa shape index (κ2) is 12.1. The van der Waals surface area contributed by atoms with E-state index in [1.165, 1.54) is 18.7 Å². The Morgan fingerprint density at radius 1 is 1.11 bits per heavy atom. The van der Waals surface area contributed by atoms with Crippen molar-refractivity contribution in [3.8, 4) is 5.75 Å². The maximum absolute atomic E-state index is 12.6. The molecule has 0 saturated heterocycles. The summed E-state index contributed by atoms with van der Waals surface area (Å²) in [7, 11) is 0. The number of ether oxygens (including phenoxy) is 1. The van der Waals surface area contributed by atoms with Gasteiger partial charge in [0.2, 0.25) is 11.8 Å². The number of halogens is 1. The molecule has 0 fully saturated rings. The molecule has 1 unspecified atom stereocenters. The van der Waals surface area contributed by atoms with Gasteiger partial charge in [-0.3, -0.25) is 9.59 Å². The minimum atomic E-state index is -0.380. The lowest BCUT2D eigenvalue weighted by Crippen LogP contribution is -2.17. The number of aryl methyl sites for hydroxylation is 1. The number of para-hydroxylation sites is 1. The van der Waals surface area contributed by atoms with Gasteiger partial charge in [0.1, 0.15) is 5.75 Å². The van der Waals surface area contributed by atoms with Gasteiger partial charge in [-0.1, -0.05) is 49.3 Å². The number of nitrogens with one attached hydrogen (secondary N) is 2. The minimum absolute atomic E-state index is 0.141. The zero-order valence-electron chi connectivity index (χ0n) is 20.5. The van der Waals surface area contributed by atoms with Crippen molar-refractivity contribution in [3.05, 3.63) is 58.9 Å². The highest BCUT2D eigenvalue weighted by molar-refractivity contribution is 7.99. The number of anilines is 2. The second-order valence-electron chi connectivity index (χ2n) is 8.58. The summed E-state index contributed by atoms with van der Waals surface area (Å²) in [6.07, 6.45) is -0.380. The summed E-state index contributed by atoms with van der Waals surface area (Å²) in [4.78, 5) is 23.9. The Balaban J connectivity index is 1.68. The minimum Gasteiger partial charge on any atom is -0.481 e. The van der Waals surface area contributed by atoms with Crippen LogP contribution >= 0.6 is 23.4 Å². The summed E-state index contributed by atoms with van der Waals surface area (Å²) in [5, 5.41) is 15.5. The second-order valence-corrected chi connectivity index (χ2v) is 9.93. The molecule has 10 heteroatoms. The quantitative estimate of drug-likeness (QED) is 0.335. The first-order valence-electron chi connectivity index (χ1n) is 11.3. The first kappa shape index (κ1) is 26.6. The molecular weight excluding hydrogens is 486 g/mol. The molecule has 0 aliphatic rings. The molecule has 0 aliphatic carbocycles. The summed E-state index contributed by atoms with van der Waals surface area (Å²) in [5.74, 6) is 1.46. The van der Waals surface area contributed by atoms with Gasteiger partial charge >= 0.3 is 0 Å². The van der Waals surface area contributed by atoms with E-state index < -0.39 is 0 Å². The van der Waals surface area contributed by atoms with E-state index in [0.717, 1.165) is 5.56 Å². The van der Waals surface area contributed by atoms with Crippen LogP contribution in [0.15, 0.2) is 47.6 Å². The smallest absolute Gasteiger partial charge is 0.234 e. The van der Waals surface area contributed by atoms with E-state index in [1.54, 1.807) is 18.2 Å². The van der Waals surface area contributed by atoms with Gasteiger partial charge in [-0.25, -0.2) is 0 Å². The number of aromatic nitrogens is 3. The summed E-state index contributed by atoms with van der Waals surface area (Å²) in [6, 6.07) is 12.6. The van der Waals surface area contributed by atoms with Gasteiger partial charge in [0.15, 0.2) is 17.1 Å². The molecule has 1 aromatic heterocycles. The highest BCUT2D eigenvalue weighted by Crippen LogP contribution is 2.30. The van der Waals surface area contributed by atoms with Gasteiger partial charge in [-0.2, -0.15) is 0 Å². The molecule has 2 aromatic carbocycles. The molecular formula is C25H30ClN5O3S. The molecule has 1 heterocycles. The number of carbonyl (C=O) groups is 2. The zero-order valence-corrected chi connectivity index (χ0v) is 22.0. The van der Waals surface area contributed by atoms with Crippen LogP contribution in [0.2, 0.25) is 5.02 Å². The van der Waals surface area contributed by atoms with Crippen LogP contribution in [0.1, 0.15) is 45.2 Å². The van der Waals surface area contributed by atoms with Gasteiger partial charge in [-0.05, 0) is 55.7 Å². The Hall–Kier alpha value is -3.04. The van der Waals surface area contributed by atoms with E-state index in [1.807, 2.05) is 42.7 Å². The Morgan fingerprint density at radius 2 is 1.86 bits per heavy atom. The fourth-order valence-corrected chi connectivity index (χ4v) is 4.36. The molecule has 0 bridgehead atoms. The summed E-state index contributed by atoms with van der Waals surface area (Å²) in [5.41, 5.74) is 2.24. The highest BCUT2D eigenvalue weighted by Gasteiger charge is 2.21. The van der Waals surface area contributed by atoms with E-state index in [2.05, 4.69) is 34.7 Å². The molecule has 2 amide bonds. The summed E-state index contributed by atoms with van der Waals surface area (Å²) >= 11 is 7.56. The number of hydrogen-bond donors (Lipinski definition) is 2. The number of thioether (sulfide) groups is 1. The third kappa shape index (κ3) is 7.47. The van der Waals surface area contributed by atoms with Gasteiger partial charge in [0, 0.05) is 24.8 Å². The number of amides is 2. The van der Waals surface area contributed by atoms with Crippen LogP contribution in [-0.4, -0.2) is 32.3 Å². The van der Waals surface area contributed by atoms with Crippen LogP contribution < -0.4 is 15.4 Å². The molecule has 0 spiro atoms. The number of nitrogens with zero attached hydrogens (tertiary/aromatic N) is 3. The Labute approximate surface area is 214 Å². The fraction of sp³-hybridized carbons (Fsp3) is 0.360. The summed E-state index contributed by atoms with van der Waals surface area (Å²) in [6.45, 7) is 10.1. The topological polar surface area (TPSA) is 98.1 Å². The van der Waals surface area contributed by atoms with Crippen molar-refractivity contribution in [3.63, 3.8) is 0 Å². The SMILES string of the molecule is CC(=O)Nc1ccc(NC(=O)CSc2nnc(C(C)Oc3ccccc3Cl)n2CC(C)C)cc1C.